The van der Waals surface area contributed by atoms with Gasteiger partial charge in [0.25, 0.3) is 0 Å². The molecule has 0 atom stereocenters. The summed E-state index contributed by atoms with van der Waals surface area (Å²) in [6.07, 6.45) is 7.27. The van der Waals surface area contributed by atoms with E-state index in [0.29, 0.717) is 0 Å². The minimum absolute atomic E-state index is 0.721. The summed E-state index contributed by atoms with van der Waals surface area (Å²) >= 11 is 0. The summed E-state index contributed by atoms with van der Waals surface area (Å²) in [5.41, 5.74) is 3.08. The van der Waals surface area contributed by atoms with Crippen LogP contribution in [0.2, 0.25) is 0 Å². The quantitative estimate of drug-likeness (QED) is 0.617. The fraction of sp³-hybridized carbons (Fsp3) is 0.0833. The second kappa shape index (κ2) is 3.41. The zero-order valence-electron chi connectivity index (χ0n) is 8.83. The van der Waals surface area contributed by atoms with Crippen LogP contribution in [0.1, 0.15) is 5.69 Å². The highest BCUT2D eigenvalue weighted by Gasteiger charge is 2.05. The molecule has 4 heteroatoms. The third-order valence-electron chi connectivity index (χ3n) is 2.46. The summed E-state index contributed by atoms with van der Waals surface area (Å²) in [6.45, 7) is 1.97. The molecule has 0 radical (unpaired) electrons. The summed E-state index contributed by atoms with van der Waals surface area (Å²) in [5.74, 6) is 0.721. The van der Waals surface area contributed by atoms with Crippen molar-refractivity contribution in [3.05, 3.63) is 48.7 Å². The van der Waals surface area contributed by atoms with Crippen LogP contribution in [-0.4, -0.2) is 19.4 Å². The minimum Gasteiger partial charge on any atom is -0.284 e. The average Bonchev–Trinajstić information content (AvgIpc) is 2.77. The molecule has 0 unspecified atom stereocenters. The van der Waals surface area contributed by atoms with E-state index in [9.17, 15) is 0 Å². The van der Waals surface area contributed by atoms with E-state index in [0.717, 1.165) is 22.7 Å². The molecular weight excluding hydrogens is 200 g/mol. The molecule has 0 aromatic carbocycles. The molecule has 0 fully saturated rings. The molecule has 0 aliphatic carbocycles. The van der Waals surface area contributed by atoms with Crippen molar-refractivity contribution in [3.63, 3.8) is 0 Å². The lowest BCUT2D eigenvalue weighted by Gasteiger charge is -2.05. The van der Waals surface area contributed by atoms with Crippen LogP contribution in [0.25, 0.3) is 17.0 Å². The third kappa shape index (κ3) is 1.35. The molecular formula is C12H10N4. The number of aryl methyl sites for hydroxylation is 1. The Morgan fingerprint density at radius 2 is 2.19 bits per heavy atom. The van der Waals surface area contributed by atoms with E-state index in [1.54, 1.807) is 12.4 Å². The Hall–Kier alpha value is -2.23. The van der Waals surface area contributed by atoms with E-state index < -0.39 is 0 Å². The highest BCUT2D eigenvalue weighted by Crippen LogP contribution is 2.19. The predicted octanol–water partition coefficient (Wildman–Crippen LogP) is 2.10. The molecule has 3 aromatic heterocycles. The molecule has 0 saturated carbocycles. The molecule has 0 amide bonds. The molecule has 3 rings (SSSR count). The van der Waals surface area contributed by atoms with E-state index >= 15 is 0 Å². The van der Waals surface area contributed by atoms with E-state index in [1.165, 1.54) is 0 Å². The van der Waals surface area contributed by atoms with Crippen molar-refractivity contribution in [3.8, 4) is 11.3 Å². The number of hydrogen-bond donors (Lipinski definition) is 0. The first-order chi connectivity index (χ1) is 7.84. The molecule has 16 heavy (non-hydrogen) atoms. The van der Waals surface area contributed by atoms with Gasteiger partial charge >= 0.3 is 0 Å². The van der Waals surface area contributed by atoms with Gasteiger partial charge in [-0.15, -0.1) is 0 Å². The van der Waals surface area contributed by atoms with Crippen LogP contribution in [0, 0.1) is 6.92 Å². The van der Waals surface area contributed by atoms with Crippen LogP contribution in [0.3, 0.4) is 0 Å². The SMILES string of the molecule is Cc1cc(-c2cccnc2)n2ccnc2n1. The summed E-state index contributed by atoms with van der Waals surface area (Å²) in [6, 6.07) is 5.99. The average molecular weight is 210 g/mol. The Balaban J connectivity index is 2.34. The second-order valence-corrected chi connectivity index (χ2v) is 3.62. The Kier molecular flexibility index (Phi) is 1.93. The molecule has 0 aliphatic rings. The van der Waals surface area contributed by atoms with E-state index in [2.05, 4.69) is 15.0 Å². The number of aromatic nitrogens is 4. The minimum atomic E-state index is 0.721. The maximum Gasteiger partial charge on any atom is 0.234 e. The first kappa shape index (κ1) is 9.03. The van der Waals surface area contributed by atoms with Gasteiger partial charge in [-0.25, -0.2) is 9.97 Å². The zero-order chi connectivity index (χ0) is 11.0. The number of rotatable bonds is 1. The lowest BCUT2D eigenvalue weighted by molar-refractivity contribution is 1.07. The molecule has 78 valence electrons. The van der Waals surface area contributed by atoms with Crippen molar-refractivity contribution in [2.75, 3.05) is 0 Å². The molecule has 0 spiro atoms. The fourth-order valence-corrected chi connectivity index (χ4v) is 1.76. The summed E-state index contributed by atoms with van der Waals surface area (Å²) < 4.78 is 1.96. The monoisotopic (exact) mass is 210 g/mol. The van der Waals surface area contributed by atoms with Crippen molar-refractivity contribution >= 4 is 5.78 Å². The van der Waals surface area contributed by atoms with Gasteiger partial charge in [0.1, 0.15) is 0 Å². The third-order valence-corrected chi connectivity index (χ3v) is 2.46. The first-order valence-electron chi connectivity index (χ1n) is 5.06. The smallest absolute Gasteiger partial charge is 0.234 e. The van der Waals surface area contributed by atoms with E-state index in [-0.39, 0.29) is 0 Å². The van der Waals surface area contributed by atoms with Gasteiger partial charge in [-0.3, -0.25) is 9.38 Å². The Labute approximate surface area is 92.6 Å². The highest BCUT2D eigenvalue weighted by atomic mass is 15.1. The van der Waals surface area contributed by atoms with Gasteiger partial charge in [0.2, 0.25) is 5.78 Å². The molecule has 0 N–H and O–H groups in total. The van der Waals surface area contributed by atoms with Gasteiger partial charge < -0.3 is 0 Å². The number of nitrogens with zero attached hydrogens (tertiary/aromatic N) is 4. The lowest BCUT2D eigenvalue weighted by atomic mass is 10.2. The van der Waals surface area contributed by atoms with Crippen LogP contribution in [-0.2, 0) is 0 Å². The zero-order valence-corrected chi connectivity index (χ0v) is 8.83. The molecule has 0 aliphatic heterocycles. The molecule has 0 bridgehead atoms. The number of imidazole rings is 1. The van der Waals surface area contributed by atoms with Gasteiger partial charge in [-0.2, -0.15) is 0 Å². The Morgan fingerprint density at radius 1 is 1.25 bits per heavy atom. The highest BCUT2D eigenvalue weighted by molar-refractivity contribution is 5.61. The Morgan fingerprint density at radius 3 is 3.00 bits per heavy atom. The van der Waals surface area contributed by atoms with Gasteiger partial charge in [-0.05, 0) is 25.1 Å². The van der Waals surface area contributed by atoms with Crippen molar-refractivity contribution in [2.45, 2.75) is 6.92 Å². The maximum atomic E-state index is 4.35. The second-order valence-electron chi connectivity index (χ2n) is 3.62. The van der Waals surface area contributed by atoms with Crippen molar-refractivity contribution in [1.29, 1.82) is 0 Å². The molecule has 4 nitrogen and oxygen atoms in total. The molecule has 3 aromatic rings. The van der Waals surface area contributed by atoms with Crippen molar-refractivity contribution in [2.24, 2.45) is 0 Å². The van der Waals surface area contributed by atoms with Crippen LogP contribution >= 0.6 is 0 Å². The Bertz CT molecular complexity index is 628. The topological polar surface area (TPSA) is 43.1 Å². The largest absolute Gasteiger partial charge is 0.284 e. The van der Waals surface area contributed by atoms with Crippen LogP contribution in [0.4, 0.5) is 0 Å². The summed E-state index contributed by atoms with van der Waals surface area (Å²) in [5, 5.41) is 0. The van der Waals surface area contributed by atoms with Gasteiger partial charge in [0.05, 0.1) is 5.69 Å². The van der Waals surface area contributed by atoms with Crippen LogP contribution in [0.15, 0.2) is 43.0 Å². The van der Waals surface area contributed by atoms with E-state index in [4.69, 9.17) is 0 Å². The molecule has 0 saturated heterocycles. The van der Waals surface area contributed by atoms with Crippen molar-refractivity contribution in [1.82, 2.24) is 19.4 Å². The summed E-state index contributed by atoms with van der Waals surface area (Å²) in [4.78, 5) is 12.7. The van der Waals surface area contributed by atoms with E-state index in [1.807, 2.05) is 41.9 Å². The van der Waals surface area contributed by atoms with Gasteiger partial charge in [-0.1, -0.05) is 0 Å². The number of hydrogen-bond acceptors (Lipinski definition) is 3. The van der Waals surface area contributed by atoms with Gasteiger partial charge in [0, 0.05) is 36.0 Å². The fourth-order valence-electron chi connectivity index (χ4n) is 1.76. The van der Waals surface area contributed by atoms with Crippen LogP contribution < -0.4 is 0 Å². The standard InChI is InChI=1S/C12H10N4/c1-9-7-11(10-3-2-4-13-8-10)16-6-5-14-12(16)15-9/h2-8H,1H3. The molecule has 3 heterocycles. The van der Waals surface area contributed by atoms with Crippen molar-refractivity contribution < 1.29 is 0 Å². The van der Waals surface area contributed by atoms with Crippen LogP contribution in [0.5, 0.6) is 0 Å². The normalized spacial score (nSPS) is 10.8. The number of fused-ring (bicyclic) bond motifs is 1. The maximum absolute atomic E-state index is 4.35. The van der Waals surface area contributed by atoms with Gasteiger partial charge in [0.15, 0.2) is 0 Å². The first-order valence-corrected chi connectivity index (χ1v) is 5.06. The predicted molar refractivity (Wildman–Crippen MR) is 61.0 cm³/mol. The lowest BCUT2D eigenvalue weighted by Crippen LogP contribution is -1.96. The summed E-state index contributed by atoms with van der Waals surface area (Å²) in [7, 11) is 0. The number of pyridine rings is 1.